The number of amides is 1. The van der Waals surface area contributed by atoms with Crippen LogP contribution < -0.4 is 10.6 Å². The molecule has 0 saturated carbocycles. The van der Waals surface area contributed by atoms with Gasteiger partial charge in [0.2, 0.25) is 5.91 Å². The van der Waals surface area contributed by atoms with Crippen molar-refractivity contribution in [3.8, 4) is 12.3 Å². The van der Waals surface area contributed by atoms with Gasteiger partial charge in [-0.05, 0) is 19.9 Å². The molecule has 1 rings (SSSR count). The maximum atomic E-state index is 11.4. The fourth-order valence-electron chi connectivity index (χ4n) is 1.49. The predicted molar refractivity (Wildman–Crippen MR) is 47.4 cm³/mol. The molecule has 3 heteroatoms. The van der Waals surface area contributed by atoms with Crippen LogP contribution in [0, 0.1) is 18.3 Å². The fourth-order valence-corrected chi connectivity index (χ4v) is 1.49. The highest BCUT2D eigenvalue weighted by molar-refractivity contribution is 5.79. The summed E-state index contributed by atoms with van der Waals surface area (Å²) >= 11 is 0. The molecule has 0 aliphatic carbocycles. The van der Waals surface area contributed by atoms with Gasteiger partial charge in [0.15, 0.2) is 0 Å². The molecule has 1 saturated heterocycles. The second-order valence-electron chi connectivity index (χ2n) is 3.06. The van der Waals surface area contributed by atoms with Crippen molar-refractivity contribution in [2.75, 3.05) is 13.1 Å². The van der Waals surface area contributed by atoms with Crippen LogP contribution >= 0.6 is 0 Å². The minimum absolute atomic E-state index is 0.0745. The smallest absolute Gasteiger partial charge is 0.225 e. The van der Waals surface area contributed by atoms with E-state index in [1.807, 2.05) is 6.92 Å². The van der Waals surface area contributed by atoms with Crippen molar-refractivity contribution in [2.45, 2.75) is 19.4 Å². The number of carbonyl (C=O) groups is 1. The van der Waals surface area contributed by atoms with Crippen molar-refractivity contribution < 1.29 is 4.79 Å². The molecule has 0 aromatic heterocycles. The van der Waals surface area contributed by atoms with Gasteiger partial charge < -0.3 is 10.6 Å². The minimum Gasteiger partial charge on any atom is -0.345 e. The van der Waals surface area contributed by atoms with Gasteiger partial charge in [-0.2, -0.15) is 0 Å². The molecule has 1 heterocycles. The van der Waals surface area contributed by atoms with Gasteiger partial charge >= 0.3 is 0 Å². The molecule has 3 nitrogen and oxygen atoms in total. The van der Waals surface area contributed by atoms with E-state index < -0.39 is 0 Å². The first kappa shape index (κ1) is 9.08. The third-order valence-corrected chi connectivity index (χ3v) is 2.23. The van der Waals surface area contributed by atoms with Gasteiger partial charge in [-0.15, -0.1) is 6.42 Å². The summed E-state index contributed by atoms with van der Waals surface area (Å²) in [5.41, 5.74) is 0. The zero-order chi connectivity index (χ0) is 8.97. The Morgan fingerprint density at radius 2 is 2.58 bits per heavy atom. The van der Waals surface area contributed by atoms with Gasteiger partial charge in [-0.1, -0.05) is 5.92 Å². The van der Waals surface area contributed by atoms with E-state index >= 15 is 0 Å². The summed E-state index contributed by atoms with van der Waals surface area (Å²) in [6.45, 7) is 3.28. The molecule has 0 radical (unpaired) electrons. The third-order valence-electron chi connectivity index (χ3n) is 2.23. The zero-order valence-electron chi connectivity index (χ0n) is 7.26. The molecule has 0 spiro atoms. The van der Waals surface area contributed by atoms with E-state index in [1.54, 1.807) is 0 Å². The molecular weight excluding hydrogens is 152 g/mol. The van der Waals surface area contributed by atoms with E-state index in [9.17, 15) is 4.79 Å². The molecular formula is C9H14N2O. The average Bonchev–Trinajstić information content (AvgIpc) is 2.47. The van der Waals surface area contributed by atoms with Crippen LogP contribution in [0.2, 0.25) is 0 Å². The standard InChI is InChI=1S/C9H14N2O/c1-3-5-11-9(12)8-4-6-10-7(8)2/h1,7-8,10H,4-6H2,2H3,(H,11,12). The first-order valence-corrected chi connectivity index (χ1v) is 4.20. The van der Waals surface area contributed by atoms with Crippen LogP contribution in [0.25, 0.3) is 0 Å². The Balaban J connectivity index is 2.37. The zero-order valence-corrected chi connectivity index (χ0v) is 7.26. The van der Waals surface area contributed by atoms with E-state index in [0.717, 1.165) is 13.0 Å². The molecule has 66 valence electrons. The Morgan fingerprint density at radius 3 is 3.08 bits per heavy atom. The Labute approximate surface area is 72.9 Å². The highest BCUT2D eigenvalue weighted by Gasteiger charge is 2.28. The number of carbonyl (C=O) groups excluding carboxylic acids is 1. The van der Waals surface area contributed by atoms with Gasteiger partial charge in [0.05, 0.1) is 12.5 Å². The number of terminal acetylenes is 1. The van der Waals surface area contributed by atoms with Crippen LogP contribution in [0.3, 0.4) is 0 Å². The summed E-state index contributed by atoms with van der Waals surface area (Å²) in [7, 11) is 0. The molecule has 12 heavy (non-hydrogen) atoms. The minimum atomic E-state index is 0.0745. The number of hydrogen-bond acceptors (Lipinski definition) is 2. The monoisotopic (exact) mass is 166 g/mol. The van der Waals surface area contributed by atoms with Crippen molar-refractivity contribution in [1.29, 1.82) is 0 Å². The molecule has 1 amide bonds. The topological polar surface area (TPSA) is 41.1 Å². The molecule has 0 aromatic rings. The van der Waals surface area contributed by atoms with Crippen LogP contribution in [0.4, 0.5) is 0 Å². The van der Waals surface area contributed by atoms with Crippen LogP contribution in [-0.2, 0) is 4.79 Å². The first-order valence-electron chi connectivity index (χ1n) is 4.20. The second-order valence-corrected chi connectivity index (χ2v) is 3.06. The molecule has 2 N–H and O–H groups in total. The van der Waals surface area contributed by atoms with E-state index in [2.05, 4.69) is 16.6 Å². The van der Waals surface area contributed by atoms with E-state index in [4.69, 9.17) is 6.42 Å². The van der Waals surface area contributed by atoms with Crippen molar-refractivity contribution in [3.63, 3.8) is 0 Å². The summed E-state index contributed by atoms with van der Waals surface area (Å²) < 4.78 is 0. The van der Waals surface area contributed by atoms with Crippen LogP contribution in [-0.4, -0.2) is 25.0 Å². The van der Waals surface area contributed by atoms with Crippen LogP contribution in [0.15, 0.2) is 0 Å². The van der Waals surface area contributed by atoms with E-state index in [1.165, 1.54) is 0 Å². The van der Waals surface area contributed by atoms with Crippen LogP contribution in [0.5, 0.6) is 0 Å². The Bertz CT molecular complexity index is 207. The van der Waals surface area contributed by atoms with E-state index in [-0.39, 0.29) is 17.9 Å². The molecule has 1 aliphatic rings. The lowest BCUT2D eigenvalue weighted by molar-refractivity contribution is -0.124. The summed E-state index contributed by atoms with van der Waals surface area (Å²) in [6, 6.07) is 0.280. The summed E-state index contributed by atoms with van der Waals surface area (Å²) in [6.07, 6.45) is 5.94. The molecule has 0 aromatic carbocycles. The predicted octanol–water partition coefficient (Wildman–Crippen LogP) is -0.266. The highest BCUT2D eigenvalue weighted by Crippen LogP contribution is 2.14. The van der Waals surface area contributed by atoms with Gasteiger partial charge in [-0.3, -0.25) is 4.79 Å². The molecule has 2 unspecified atom stereocenters. The van der Waals surface area contributed by atoms with Crippen molar-refractivity contribution in [2.24, 2.45) is 5.92 Å². The Hall–Kier alpha value is -1.01. The van der Waals surface area contributed by atoms with Gasteiger partial charge in [0.1, 0.15) is 0 Å². The van der Waals surface area contributed by atoms with Gasteiger partial charge in [-0.25, -0.2) is 0 Å². The van der Waals surface area contributed by atoms with E-state index in [0.29, 0.717) is 6.54 Å². The SMILES string of the molecule is C#CCNC(=O)C1CCNC1C. The summed E-state index contributed by atoms with van der Waals surface area (Å²) in [5.74, 6) is 2.55. The second kappa shape index (κ2) is 4.13. The highest BCUT2D eigenvalue weighted by atomic mass is 16.1. The van der Waals surface area contributed by atoms with Crippen molar-refractivity contribution in [3.05, 3.63) is 0 Å². The maximum Gasteiger partial charge on any atom is 0.225 e. The fraction of sp³-hybridized carbons (Fsp3) is 0.667. The molecule has 0 bridgehead atoms. The number of rotatable bonds is 2. The third kappa shape index (κ3) is 1.99. The molecule has 2 atom stereocenters. The Morgan fingerprint density at radius 1 is 1.83 bits per heavy atom. The summed E-state index contributed by atoms with van der Waals surface area (Å²) in [4.78, 5) is 11.4. The van der Waals surface area contributed by atoms with Gasteiger partial charge in [0.25, 0.3) is 0 Å². The lowest BCUT2D eigenvalue weighted by Crippen LogP contribution is -2.36. The average molecular weight is 166 g/mol. The molecule has 1 fully saturated rings. The normalized spacial score (nSPS) is 28.0. The lowest BCUT2D eigenvalue weighted by Gasteiger charge is -2.13. The quantitative estimate of drug-likeness (QED) is 0.555. The van der Waals surface area contributed by atoms with Crippen LogP contribution in [0.1, 0.15) is 13.3 Å². The summed E-state index contributed by atoms with van der Waals surface area (Å²) in [5, 5.41) is 5.90. The Kier molecular flexibility index (Phi) is 3.12. The first-order chi connectivity index (χ1) is 5.75. The lowest BCUT2D eigenvalue weighted by atomic mass is 10.0. The number of hydrogen-bond donors (Lipinski definition) is 2. The van der Waals surface area contributed by atoms with Crippen molar-refractivity contribution >= 4 is 5.91 Å². The van der Waals surface area contributed by atoms with Crippen molar-refractivity contribution in [1.82, 2.24) is 10.6 Å². The maximum absolute atomic E-state index is 11.4. The molecule has 1 aliphatic heterocycles. The number of nitrogens with one attached hydrogen (secondary N) is 2. The van der Waals surface area contributed by atoms with Gasteiger partial charge in [0, 0.05) is 6.04 Å². The largest absolute Gasteiger partial charge is 0.345 e.